The van der Waals surface area contributed by atoms with Crippen LogP contribution in [0, 0.1) is 0 Å². The van der Waals surface area contributed by atoms with Gasteiger partial charge < -0.3 is 14.6 Å². The van der Waals surface area contributed by atoms with E-state index in [1.165, 1.54) is 6.42 Å². The van der Waals surface area contributed by atoms with E-state index < -0.39 is 0 Å². The fraction of sp³-hybridized carbons (Fsp3) is 0.444. The zero-order valence-electron chi connectivity index (χ0n) is 13.5. The molecule has 1 atom stereocenters. The van der Waals surface area contributed by atoms with Gasteiger partial charge in [0.1, 0.15) is 0 Å². The van der Waals surface area contributed by atoms with Crippen molar-refractivity contribution in [3.05, 3.63) is 42.4 Å². The number of oxazole rings is 1. The number of hydrogen-bond donors (Lipinski definition) is 1. The summed E-state index contributed by atoms with van der Waals surface area (Å²) in [6, 6.07) is 10.2. The fourth-order valence-electron chi connectivity index (χ4n) is 3.07. The van der Waals surface area contributed by atoms with E-state index >= 15 is 0 Å². The van der Waals surface area contributed by atoms with Gasteiger partial charge in [0.25, 0.3) is 0 Å². The number of aromatic nitrogens is 1. The number of benzene rings is 1. The molecule has 5 heteroatoms. The van der Waals surface area contributed by atoms with Gasteiger partial charge in [-0.05, 0) is 25.7 Å². The molecule has 0 bridgehead atoms. The smallest absolute Gasteiger partial charge is 0.318 e. The Morgan fingerprint density at radius 1 is 1.35 bits per heavy atom. The van der Waals surface area contributed by atoms with Crippen molar-refractivity contribution < 1.29 is 9.21 Å². The van der Waals surface area contributed by atoms with Gasteiger partial charge in [0, 0.05) is 18.2 Å². The number of urea groups is 1. The third-order valence-corrected chi connectivity index (χ3v) is 4.36. The monoisotopic (exact) mass is 313 g/mol. The van der Waals surface area contributed by atoms with E-state index in [9.17, 15) is 4.79 Å². The van der Waals surface area contributed by atoms with Crippen molar-refractivity contribution in [2.75, 3.05) is 6.54 Å². The highest BCUT2D eigenvalue weighted by Crippen LogP contribution is 2.21. The van der Waals surface area contributed by atoms with Crippen LogP contribution in [0.5, 0.6) is 0 Å². The molecule has 1 saturated heterocycles. The molecular weight excluding hydrogens is 290 g/mol. The summed E-state index contributed by atoms with van der Waals surface area (Å²) in [5.41, 5.74) is 0.986. The van der Waals surface area contributed by atoms with Gasteiger partial charge in [-0.2, -0.15) is 0 Å². The van der Waals surface area contributed by atoms with Crippen LogP contribution in [0.15, 0.2) is 40.9 Å². The minimum Gasteiger partial charge on any atom is -0.439 e. The summed E-state index contributed by atoms with van der Waals surface area (Å²) in [6.45, 7) is 3.29. The zero-order valence-corrected chi connectivity index (χ0v) is 13.5. The first-order valence-corrected chi connectivity index (χ1v) is 8.32. The average Bonchev–Trinajstić information content (AvgIpc) is 3.09. The molecule has 0 spiro atoms. The van der Waals surface area contributed by atoms with Crippen molar-refractivity contribution >= 4 is 6.03 Å². The third-order valence-electron chi connectivity index (χ3n) is 4.36. The third kappa shape index (κ3) is 3.73. The van der Waals surface area contributed by atoms with Crippen LogP contribution >= 0.6 is 0 Å². The van der Waals surface area contributed by atoms with E-state index in [4.69, 9.17) is 4.42 Å². The first-order valence-electron chi connectivity index (χ1n) is 8.32. The molecule has 122 valence electrons. The number of likely N-dealkylation sites (tertiary alicyclic amines) is 1. The lowest BCUT2D eigenvalue weighted by molar-refractivity contribution is 0.148. The molecule has 23 heavy (non-hydrogen) atoms. The molecule has 1 N–H and O–H groups in total. The van der Waals surface area contributed by atoms with Crippen LogP contribution in [0.3, 0.4) is 0 Å². The van der Waals surface area contributed by atoms with E-state index in [1.807, 2.05) is 35.2 Å². The Hall–Kier alpha value is -2.30. The van der Waals surface area contributed by atoms with Crippen molar-refractivity contribution in [1.29, 1.82) is 0 Å². The molecule has 1 fully saturated rings. The van der Waals surface area contributed by atoms with Crippen molar-refractivity contribution in [3.8, 4) is 11.3 Å². The van der Waals surface area contributed by atoms with Crippen LogP contribution in [-0.4, -0.2) is 28.5 Å². The molecule has 0 saturated carbocycles. The zero-order chi connectivity index (χ0) is 16.1. The van der Waals surface area contributed by atoms with Gasteiger partial charge in [-0.25, -0.2) is 9.78 Å². The van der Waals surface area contributed by atoms with E-state index in [-0.39, 0.29) is 6.03 Å². The van der Waals surface area contributed by atoms with Gasteiger partial charge in [0.15, 0.2) is 5.76 Å². The Balaban J connectivity index is 1.58. The molecule has 0 aliphatic carbocycles. The molecule has 2 heterocycles. The maximum Gasteiger partial charge on any atom is 0.318 e. The molecule has 2 aromatic rings. The van der Waals surface area contributed by atoms with Crippen molar-refractivity contribution in [2.24, 2.45) is 0 Å². The van der Waals surface area contributed by atoms with E-state index in [0.717, 1.165) is 37.1 Å². The van der Waals surface area contributed by atoms with Gasteiger partial charge in [-0.15, -0.1) is 0 Å². The molecule has 3 rings (SSSR count). The van der Waals surface area contributed by atoms with Crippen LogP contribution in [0.25, 0.3) is 11.3 Å². The van der Waals surface area contributed by atoms with E-state index in [2.05, 4.69) is 17.2 Å². The molecule has 1 aromatic carbocycles. The Morgan fingerprint density at radius 3 is 2.96 bits per heavy atom. The maximum atomic E-state index is 12.4. The number of carbonyl (C=O) groups is 1. The summed E-state index contributed by atoms with van der Waals surface area (Å²) in [5.74, 6) is 1.25. The maximum absolute atomic E-state index is 12.4. The summed E-state index contributed by atoms with van der Waals surface area (Å²) in [4.78, 5) is 18.6. The first kappa shape index (κ1) is 15.6. The minimum atomic E-state index is -0.0176. The summed E-state index contributed by atoms with van der Waals surface area (Å²) in [5, 5.41) is 2.93. The van der Waals surface area contributed by atoms with Crippen LogP contribution < -0.4 is 5.32 Å². The van der Waals surface area contributed by atoms with E-state index in [1.54, 1.807) is 6.20 Å². The molecule has 1 aliphatic heterocycles. The summed E-state index contributed by atoms with van der Waals surface area (Å²) in [7, 11) is 0. The van der Waals surface area contributed by atoms with Gasteiger partial charge in [-0.3, -0.25) is 0 Å². The lowest BCUT2D eigenvalue weighted by Gasteiger charge is -2.35. The van der Waals surface area contributed by atoms with Crippen molar-refractivity contribution in [3.63, 3.8) is 0 Å². The topological polar surface area (TPSA) is 58.4 Å². The van der Waals surface area contributed by atoms with Crippen molar-refractivity contribution in [1.82, 2.24) is 15.2 Å². The molecule has 1 unspecified atom stereocenters. The first-order chi connectivity index (χ1) is 11.3. The van der Waals surface area contributed by atoms with Gasteiger partial charge >= 0.3 is 6.03 Å². The highest BCUT2D eigenvalue weighted by Gasteiger charge is 2.25. The lowest BCUT2D eigenvalue weighted by atomic mass is 10.0. The predicted octanol–water partition coefficient (Wildman–Crippen LogP) is 3.82. The van der Waals surface area contributed by atoms with Gasteiger partial charge in [0.05, 0.1) is 12.7 Å². The fourth-order valence-corrected chi connectivity index (χ4v) is 3.07. The van der Waals surface area contributed by atoms with Gasteiger partial charge in [0.2, 0.25) is 5.89 Å². The van der Waals surface area contributed by atoms with Gasteiger partial charge in [-0.1, -0.05) is 37.3 Å². The van der Waals surface area contributed by atoms with Crippen LogP contribution in [0.4, 0.5) is 4.79 Å². The van der Waals surface area contributed by atoms with E-state index in [0.29, 0.717) is 18.5 Å². The number of carbonyl (C=O) groups excluding carboxylic acids is 1. The molecule has 1 aromatic heterocycles. The highest BCUT2D eigenvalue weighted by molar-refractivity contribution is 5.74. The Labute approximate surface area is 136 Å². The minimum absolute atomic E-state index is 0.0176. The molecule has 0 radical (unpaired) electrons. The quantitative estimate of drug-likeness (QED) is 0.933. The SMILES string of the molecule is CCC1CCCCN1C(=O)NCc1ncc(-c2ccccc2)o1. The Morgan fingerprint density at radius 2 is 2.17 bits per heavy atom. The molecule has 2 amide bonds. The largest absolute Gasteiger partial charge is 0.439 e. The standard InChI is InChI=1S/C18H23N3O2/c1-2-15-10-6-7-11-21(15)18(22)20-13-17-19-12-16(23-17)14-8-4-3-5-9-14/h3-5,8-9,12,15H,2,6-7,10-11,13H2,1H3,(H,20,22). The van der Waals surface area contributed by atoms with Crippen LogP contribution in [0.2, 0.25) is 0 Å². The number of hydrogen-bond acceptors (Lipinski definition) is 3. The normalized spacial score (nSPS) is 18.0. The molecular formula is C18H23N3O2. The average molecular weight is 313 g/mol. The lowest BCUT2D eigenvalue weighted by Crippen LogP contribution is -2.48. The number of nitrogens with one attached hydrogen (secondary N) is 1. The van der Waals surface area contributed by atoms with Crippen molar-refractivity contribution in [2.45, 2.75) is 45.2 Å². The number of nitrogens with zero attached hydrogens (tertiary/aromatic N) is 2. The van der Waals surface area contributed by atoms with Crippen LogP contribution in [-0.2, 0) is 6.54 Å². The number of piperidine rings is 1. The number of amides is 2. The summed E-state index contributed by atoms with van der Waals surface area (Å²) >= 11 is 0. The second-order valence-electron chi connectivity index (χ2n) is 5.89. The second-order valence-corrected chi connectivity index (χ2v) is 5.89. The highest BCUT2D eigenvalue weighted by atomic mass is 16.4. The Bertz CT molecular complexity index is 639. The summed E-state index contributed by atoms with van der Waals surface area (Å²) in [6.07, 6.45) is 6.10. The number of rotatable bonds is 4. The Kier molecular flexibility index (Phi) is 4.95. The molecule has 5 nitrogen and oxygen atoms in total. The second kappa shape index (κ2) is 7.31. The van der Waals surface area contributed by atoms with Crippen LogP contribution in [0.1, 0.15) is 38.5 Å². The predicted molar refractivity (Wildman–Crippen MR) is 88.8 cm³/mol. The summed E-state index contributed by atoms with van der Waals surface area (Å²) < 4.78 is 5.72. The molecule has 1 aliphatic rings.